The fourth-order valence-electron chi connectivity index (χ4n) is 2.02. The molecule has 9 nitrogen and oxygen atoms in total. The van der Waals surface area contributed by atoms with E-state index in [-0.39, 0.29) is 12.4 Å². The average molecular weight is 347 g/mol. The summed E-state index contributed by atoms with van der Waals surface area (Å²) in [5, 5.41) is 13.2. The third kappa shape index (κ3) is 2.34. The summed E-state index contributed by atoms with van der Waals surface area (Å²) in [6, 6.07) is 0. The summed E-state index contributed by atoms with van der Waals surface area (Å²) in [5.74, 6) is 0. The number of methoxy groups -OCH3 is 1. The van der Waals surface area contributed by atoms with Crippen molar-refractivity contribution >= 4 is 28.3 Å². The molecule has 11 heteroatoms. The molecule has 4 aromatic heterocycles. The molecule has 23 heavy (non-hydrogen) atoms. The maximum Gasteiger partial charge on any atom is 0.355 e. The summed E-state index contributed by atoms with van der Waals surface area (Å²) < 4.78 is 7.34. The average Bonchev–Trinajstić information content (AvgIpc) is 3.29. The minimum Gasteiger partial charge on any atom is -0.362 e. The van der Waals surface area contributed by atoms with Crippen molar-refractivity contribution in [1.29, 1.82) is 0 Å². The lowest BCUT2D eigenvalue weighted by molar-refractivity contribution is 0.111. The number of thiazole rings is 2. The number of hydrogen-bond acceptors (Lipinski definition) is 9. The number of hydrogen-bond donors (Lipinski definition) is 0. The fourth-order valence-corrected chi connectivity index (χ4v) is 3.49. The smallest absolute Gasteiger partial charge is 0.355 e. The Kier molecular flexibility index (Phi) is 3.44. The van der Waals surface area contributed by atoms with Crippen LogP contribution in [0.3, 0.4) is 0 Å². The summed E-state index contributed by atoms with van der Waals surface area (Å²) in [6.07, 6.45) is 3.15. The second-order valence-electron chi connectivity index (χ2n) is 4.45. The highest BCUT2D eigenvalue weighted by Gasteiger charge is 2.17. The van der Waals surface area contributed by atoms with Crippen LogP contribution in [0.1, 0.15) is 0 Å². The molecule has 0 unspecified atom stereocenters. The lowest BCUT2D eigenvalue weighted by Gasteiger charge is -2.01. The first-order valence-corrected chi connectivity index (χ1v) is 8.19. The first kappa shape index (κ1) is 14.1. The minimum atomic E-state index is -0.368. The number of nitrogens with zero attached hydrogens (tertiary/aromatic N) is 7. The fraction of sp³-hybridized carbons (Fsp3) is 0.167. The Balaban J connectivity index is 1.81. The molecule has 4 rings (SSSR count). The van der Waals surface area contributed by atoms with Crippen LogP contribution in [0.2, 0.25) is 0 Å². The van der Waals surface area contributed by atoms with Gasteiger partial charge in [0.15, 0.2) is 5.65 Å². The molecule has 0 spiro atoms. The van der Waals surface area contributed by atoms with Gasteiger partial charge in [-0.1, -0.05) is 5.21 Å². The molecule has 4 aromatic rings. The van der Waals surface area contributed by atoms with E-state index < -0.39 is 0 Å². The van der Waals surface area contributed by atoms with Crippen LogP contribution in [0.5, 0.6) is 0 Å². The summed E-state index contributed by atoms with van der Waals surface area (Å²) >= 11 is 2.93. The maximum atomic E-state index is 12.2. The predicted molar refractivity (Wildman–Crippen MR) is 84.3 cm³/mol. The number of aromatic nitrogens is 7. The van der Waals surface area contributed by atoms with Gasteiger partial charge in [0, 0.05) is 24.1 Å². The second-order valence-corrected chi connectivity index (χ2v) is 6.20. The minimum absolute atomic E-state index is 0.0285. The van der Waals surface area contributed by atoms with Gasteiger partial charge in [0.05, 0.1) is 0 Å². The van der Waals surface area contributed by atoms with Gasteiger partial charge in [-0.25, -0.2) is 24.1 Å². The largest absolute Gasteiger partial charge is 0.362 e. The van der Waals surface area contributed by atoms with Gasteiger partial charge in [-0.05, 0) is 0 Å². The third-order valence-corrected chi connectivity index (χ3v) is 4.67. The van der Waals surface area contributed by atoms with Crippen LogP contribution < -0.4 is 5.69 Å². The molecule has 0 saturated heterocycles. The van der Waals surface area contributed by atoms with E-state index in [2.05, 4.69) is 25.3 Å². The summed E-state index contributed by atoms with van der Waals surface area (Å²) in [7, 11) is 1.48. The van der Waals surface area contributed by atoms with Crippen LogP contribution in [0.25, 0.3) is 27.1 Å². The monoisotopic (exact) mass is 347 g/mol. The molecule has 0 aliphatic carbocycles. The second kappa shape index (κ2) is 5.61. The van der Waals surface area contributed by atoms with Gasteiger partial charge in [0.25, 0.3) is 0 Å². The summed E-state index contributed by atoms with van der Waals surface area (Å²) in [4.78, 5) is 25.2. The van der Waals surface area contributed by atoms with Crippen molar-refractivity contribution in [3.63, 3.8) is 0 Å². The Hall–Kier alpha value is -2.50. The highest BCUT2D eigenvalue weighted by molar-refractivity contribution is 7.15. The highest BCUT2D eigenvalue weighted by Crippen LogP contribution is 2.30. The van der Waals surface area contributed by atoms with Crippen LogP contribution >= 0.6 is 22.7 Å². The highest BCUT2D eigenvalue weighted by atomic mass is 32.1. The number of fused-ring (bicyclic) bond motifs is 1. The molecular formula is C12H9N7O2S2. The molecule has 0 aliphatic heterocycles. The summed E-state index contributed by atoms with van der Waals surface area (Å²) in [5.41, 5.74) is 1.29. The zero-order valence-electron chi connectivity index (χ0n) is 11.8. The summed E-state index contributed by atoms with van der Waals surface area (Å²) in [6.45, 7) is 0.0285. The van der Waals surface area contributed by atoms with Gasteiger partial charge >= 0.3 is 5.69 Å². The van der Waals surface area contributed by atoms with Crippen LogP contribution in [-0.2, 0) is 11.5 Å². The first-order chi connectivity index (χ1) is 11.3. The Morgan fingerprint density at radius 3 is 2.96 bits per heavy atom. The molecule has 116 valence electrons. The third-order valence-electron chi connectivity index (χ3n) is 3.03. The molecule has 0 atom stereocenters. The van der Waals surface area contributed by atoms with E-state index in [0.29, 0.717) is 16.3 Å². The lowest BCUT2D eigenvalue weighted by atomic mass is 10.4. The maximum absolute atomic E-state index is 12.2. The van der Waals surface area contributed by atoms with Crippen LogP contribution in [0.4, 0.5) is 0 Å². The molecule has 0 N–H and O–H groups in total. The number of imidazole rings is 1. The zero-order chi connectivity index (χ0) is 15.8. The van der Waals surface area contributed by atoms with Crippen molar-refractivity contribution in [2.24, 2.45) is 0 Å². The molecular weight excluding hydrogens is 338 g/mol. The quantitative estimate of drug-likeness (QED) is 0.545. The molecule has 0 bridgehead atoms. The lowest BCUT2D eigenvalue weighted by Crippen LogP contribution is -2.30. The van der Waals surface area contributed by atoms with Crippen molar-refractivity contribution in [2.45, 2.75) is 6.73 Å². The van der Waals surface area contributed by atoms with Gasteiger partial charge in [0.2, 0.25) is 0 Å². The first-order valence-electron chi connectivity index (χ1n) is 6.43. The molecule has 0 aromatic carbocycles. The normalized spacial score (nSPS) is 11.3. The van der Waals surface area contributed by atoms with E-state index in [4.69, 9.17) is 4.74 Å². The van der Waals surface area contributed by atoms with E-state index in [0.717, 1.165) is 15.4 Å². The molecule has 0 aliphatic rings. The zero-order valence-corrected chi connectivity index (χ0v) is 13.4. The Morgan fingerprint density at radius 1 is 1.26 bits per heavy atom. The van der Waals surface area contributed by atoms with E-state index in [9.17, 15) is 4.79 Å². The van der Waals surface area contributed by atoms with Crippen molar-refractivity contribution in [3.8, 4) is 21.4 Å². The molecule has 0 saturated carbocycles. The Bertz CT molecular complexity index is 1020. The molecule has 0 fully saturated rings. The van der Waals surface area contributed by atoms with Crippen LogP contribution in [-0.4, -0.2) is 41.5 Å². The van der Waals surface area contributed by atoms with Crippen LogP contribution in [0, 0.1) is 0 Å². The van der Waals surface area contributed by atoms with E-state index >= 15 is 0 Å². The molecule has 4 heterocycles. The number of rotatable bonds is 4. The van der Waals surface area contributed by atoms with Gasteiger partial charge in [0.1, 0.15) is 34.5 Å². The van der Waals surface area contributed by atoms with Crippen molar-refractivity contribution in [1.82, 2.24) is 34.3 Å². The van der Waals surface area contributed by atoms with Gasteiger partial charge in [-0.2, -0.15) is 4.68 Å². The standard InChI is InChI=1S/C12H9N7O2S2/c1-21-6-19-12(20)18-5-14-8(9(18)16-17-19)11-15-7(4-23-11)10-13-2-3-22-10/h2-5H,6H2,1H3. The Labute approximate surface area is 136 Å². The van der Waals surface area contributed by atoms with Gasteiger partial charge in [-0.3, -0.25) is 0 Å². The van der Waals surface area contributed by atoms with Gasteiger partial charge in [-0.15, -0.1) is 27.8 Å². The SMILES string of the molecule is COCn1nnc2c(-c3nc(-c4nccs4)cs3)ncn2c1=O. The van der Waals surface area contributed by atoms with E-state index in [1.807, 2.05) is 10.8 Å². The Morgan fingerprint density at radius 2 is 2.17 bits per heavy atom. The molecule has 0 amide bonds. The van der Waals surface area contributed by atoms with Crippen LogP contribution in [0.15, 0.2) is 28.1 Å². The van der Waals surface area contributed by atoms with E-state index in [1.165, 1.54) is 40.5 Å². The predicted octanol–water partition coefficient (Wildman–Crippen LogP) is 1.14. The van der Waals surface area contributed by atoms with Crippen molar-refractivity contribution in [2.75, 3.05) is 7.11 Å². The molecule has 0 radical (unpaired) electrons. The number of ether oxygens (including phenoxy) is 1. The van der Waals surface area contributed by atoms with Gasteiger partial charge < -0.3 is 4.74 Å². The topological polar surface area (TPSA) is 100 Å². The van der Waals surface area contributed by atoms with Crippen molar-refractivity contribution in [3.05, 3.63) is 33.8 Å². The van der Waals surface area contributed by atoms with Crippen molar-refractivity contribution < 1.29 is 4.74 Å². The van der Waals surface area contributed by atoms with E-state index in [1.54, 1.807) is 6.20 Å².